The van der Waals surface area contributed by atoms with Crippen LogP contribution in [0.15, 0.2) is 84.9 Å². The monoisotopic (exact) mass is 471 g/mol. The number of hydrogen-bond acceptors (Lipinski definition) is 1. The number of benzene rings is 3. The van der Waals surface area contributed by atoms with E-state index in [1.54, 1.807) is 0 Å². The van der Waals surface area contributed by atoms with Crippen LogP contribution in [0.5, 0.6) is 0 Å². The third kappa shape index (κ3) is 5.46. The molecule has 3 aromatic carbocycles. The standard InChI is InChI=1S/C26H22ClF3N2O/c27-23-12-11-21(17-22(23)26(28,29)30)31-25(33)24(20-9-5-2-6-10-20)32-15-13-19(14-16-32)18-7-3-1-4-8-18/h1-13,17,24H,14-16H2,(H,31,33)/p+1/t24-/m0/s1. The van der Waals surface area contributed by atoms with E-state index in [0.29, 0.717) is 6.54 Å². The van der Waals surface area contributed by atoms with Crippen LogP contribution in [0, 0.1) is 0 Å². The Kier molecular flexibility index (Phi) is 6.86. The molecule has 2 N–H and O–H groups in total. The van der Waals surface area contributed by atoms with Crippen LogP contribution >= 0.6 is 11.6 Å². The average molecular weight is 472 g/mol. The normalized spacial score (nSPS) is 17.2. The zero-order valence-corrected chi connectivity index (χ0v) is 18.5. The molecule has 1 heterocycles. The van der Waals surface area contributed by atoms with Gasteiger partial charge in [0.1, 0.15) is 0 Å². The fraction of sp³-hybridized carbons (Fsp3) is 0.192. The number of carbonyl (C=O) groups excluding carboxylic acids is 1. The van der Waals surface area contributed by atoms with Crippen molar-refractivity contribution in [3.05, 3.63) is 107 Å². The molecule has 0 bridgehead atoms. The SMILES string of the molecule is O=C(Nc1ccc(Cl)c(C(F)(F)F)c1)[C@H](c1ccccc1)[NH+]1CC=C(c2ccccc2)CC1. The van der Waals surface area contributed by atoms with Crippen molar-refractivity contribution in [3.8, 4) is 0 Å². The average Bonchev–Trinajstić information content (AvgIpc) is 2.81. The van der Waals surface area contributed by atoms with Crippen molar-refractivity contribution in [1.82, 2.24) is 0 Å². The third-order valence-electron chi connectivity index (χ3n) is 5.81. The lowest BCUT2D eigenvalue weighted by molar-refractivity contribution is -0.916. The lowest BCUT2D eigenvalue weighted by Crippen LogP contribution is -3.13. The molecule has 0 saturated heterocycles. The van der Waals surface area contributed by atoms with E-state index in [1.807, 2.05) is 48.5 Å². The van der Waals surface area contributed by atoms with E-state index in [-0.39, 0.29) is 11.6 Å². The number of hydrogen-bond donors (Lipinski definition) is 2. The Morgan fingerprint density at radius 2 is 1.64 bits per heavy atom. The summed E-state index contributed by atoms with van der Waals surface area (Å²) in [6, 6.07) is 22.3. The first-order chi connectivity index (χ1) is 15.8. The maximum Gasteiger partial charge on any atom is 0.417 e. The molecule has 170 valence electrons. The molecule has 33 heavy (non-hydrogen) atoms. The predicted octanol–water partition coefficient (Wildman–Crippen LogP) is 5.41. The molecule has 2 atom stereocenters. The maximum absolute atomic E-state index is 13.3. The van der Waals surface area contributed by atoms with Crippen LogP contribution in [0.1, 0.15) is 29.2 Å². The van der Waals surface area contributed by atoms with Crippen molar-refractivity contribution in [2.24, 2.45) is 0 Å². The van der Waals surface area contributed by atoms with E-state index < -0.39 is 22.8 Å². The van der Waals surface area contributed by atoms with Crippen LogP contribution in [0.4, 0.5) is 18.9 Å². The summed E-state index contributed by atoms with van der Waals surface area (Å²) in [7, 11) is 0. The number of anilines is 1. The van der Waals surface area contributed by atoms with Gasteiger partial charge in [-0.05, 0) is 35.4 Å². The molecule has 0 radical (unpaired) electrons. The Morgan fingerprint density at radius 1 is 0.970 bits per heavy atom. The first kappa shape index (κ1) is 23.1. The molecule has 3 aromatic rings. The van der Waals surface area contributed by atoms with Crippen molar-refractivity contribution in [2.45, 2.75) is 18.6 Å². The molecule has 0 fully saturated rings. The summed E-state index contributed by atoms with van der Waals surface area (Å²) in [5.41, 5.74) is 2.30. The van der Waals surface area contributed by atoms with Gasteiger partial charge in [0.05, 0.1) is 23.7 Å². The zero-order valence-electron chi connectivity index (χ0n) is 17.7. The third-order valence-corrected chi connectivity index (χ3v) is 6.14. The van der Waals surface area contributed by atoms with Gasteiger partial charge in [-0.3, -0.25) is 4.79 Å². The molecule has 0 saturated carbocycles. The van der Waals surface area contributed by atoms with E-state index in [9.17, 15) is 18.0 Å². The Labute approximate surface area is 195 Å². The Balaban J connectivity index is 1.59. The maximum atomic E-state index is 13.3. The van der Waals surface area contributed by atoms with Crippen LogP contribution in [0.25, 0.3) is 5.57 Å². The highest BCUT2D eigenvalue weighted by Crippen LogP contribution is 2.36. The number of quaternary nitrogens is 1. The number of carbonyl (C=O) groups is 1. The Hall–Kier alpha value is -3.09. The van der Waals surface area contributed by atoms with E-state index >= 15 is 0 Å². The van der Waals surface area contributed by atoms with Gasteiger partial charge in [0.25, 0.3) is 5.91 Å². The second-order valence-electron chi connectivity index (χ2n) is 7.98. The fourth-order valence-corrected chi connectivity index (χ4v) is 4.41. The summed E-state index contributed by atoms with van der Waals surface area (Å²) in [5.74, 6) is -0.358. The smallest absolute Gasteiger partial charge is 0.321 e. The second-order valence-corrected chi connectivity index (χ2v) is 8.39. The number of alkyl halides is 3. The summed E-state index contributed by atoms with van der Waals surface area (Å²) in [5, 5.41) is 2.28. The fourth-order valence-electron chi connectivity index (χ4n) is 4.18. The van der Waals surface area contributed by atoms with E-state index in [4.69, 9.17) is 11.6 Å². The Morgan fingerprint density at radius 3 is 2.24 bits per heavy atom. The summed E-state index contributed by atoms with van der Waals surface area (Å²) in [6.45, 7) is 1.35. The molecule has 0 aliphatic carbocycles. The van der Waals surface area contributed by atoms with Crippen LogP contribution in [0.2, 0.25) is 5.02 Å². The van der Waals surface area contributed by atoms with E-state index in [2.05, 4.69) is 23.5 Å². The molecular formula is C26H23ClF3N2O+. The van der Waals surface area contributed by atoms with Gasteiger partial charge in [-0.2, -0.15) is 13.2 Å². The quantitative estimate of drug-likeness (QED) is 0.512. The van der Waals surface area contributed by atoms with Crippen LogP contribution in [-0.4, -0.2) is 19.0 Å². The predicted molar refractivity (Wildman–Crippen MR) is 124 cm³/mol. The van der Waals surface area contributed by atoms with Crippen LogP contribution in [0.3, 0.4) is 0 Å². The number of nitrogens with one attached hydrogen (secondary N) is 2. The molecule has 1 unspecified atom stereocenters. The molecule has 0 spiro atoms. The lowest BCUT2D eigenvalue weighted by Gasteiger charge is -2.30. The second kappa shape index (κ2) is 9.81. The minimum absolute atomic E-state index is 0.0644. The number of halogens is 4. The molecule has 1 aliphatic rings. The van der Waals surface area contributed by atoms with Gasteiger partial charge in [0.15, 0.2) is 6.04 Å². The minimum atomic E-state index is -4.60. The van der Waals surface area contributed by atoms with Gasteiger partial charge in [0.2, 0.25) is 0 Å². The van der Waals surface area contributed by atoms with Gasteiger partial charge in [0, 0.05) is 17.7 Å². The Bertz CT molecular complexity index is 1150. The van der Waals surface area contributed by atoms with Crippen LogP contribution in [-0.2, 0) is 11.0 Å². The molecule has 7 heteroatoms. The van der Waals surface area contributed by atoms with E-state index in [0.717, 1.165) is 41.1 Å². The molecule has 1 amide bonds. The molecule has 1 aliphatic heterocycles. The van der Waals surface area contributed by atoms with Gasteiger partial charge >= 0.3 is 6.18 Å². The number of amides is 1. The summed E-state index contributed by atoms with van der Waals surface area (Å²) >= 11 is 5.72. The van der Waals surface area contributed by atoms with Crippen LogP contribution < -0.4 is 10.2 Å². The van der Waals surface area contributed by atoms with Gasteiger partial charge in [-0.15, -0.1) is 0 Å². The van der Waals surface area contributed by atoms with Crippen molar-refractivity contribution < 1.29 is 22.9 Å². The highest BCUT2D eigenvalue weighted by atomic mass is 35.5. The van der Waals surface area contributed by atoms with Gasteiger partial charge in [-0.25, -0.2) is 0 Å². The topological polar surface area (TPSA) is 33.5 Å². The van der Waals surface area contributed by atoms with Crippen molar-refractivity contribution >= 4 is 28.8 Å². The highest BCUT2D eigenvalue weighted by molar-refractivity contribution is 6.31. The first-order valence-electron chi connectivity index (χ1n) is 10.6. The zero-order chi connectivity index (χ0) is 23.4. The molecule has 4 rings (SSSR count). The largest absolute Gasteiger partial charge is 0.417 e. The molecule has 3 nitrogen and oxygen atoms in total. The lowest BCUT2D eigenvalue weighted by atomic mass is 9.96. The molecular weight excluding hydrogens is 449 g/mol. The minimum Gasteiger partial charge on any atom is -0.321 e. The van der Waals surface area contributed by atoms with Gasteiger partial charge < -0.3 is 10.2 Å². The van der Waals surface area contributed by atoms with E-state index in [1.165, 1.54) is 11.6 Å². The first-order valence-corrected chi connectivity index (χ1v) is 11.0. The number of rotatable bonds is 5. The van der Waals surface area contributed by atoms with Crippen molar-refractivity contribution in [3.63, 3.8) is 0 Å². The van der Waals surface area contributed by atoms with Crippen molar-refractivity contribution in [1.29, 1.82) is 0 Å². The molecule has 0 aromatic heterocycles. The summed E-state index contributed by atoms with van der Waals surface area (Å²) < 4.78 is 39.7. The summed E-state index contributed by atoms with van der Waals surface area (Å²) in [4.78, 5) is 14.4. The van der Waals surface area contributed by atoms with Gasteiger partial charge in [-0.1, -0.05) is 72.3 Å². The summed E-state index contributed by atoms with van der Waals surface area (Å²) in [6.07, 6.45) is -1.66. The highest BCUT2D eigenvalue weighted by Gasteiger charge is 2.35. The van der Waals surface area contributed by atoms with Crippen molar-refractivity contribution in [2.75, 3.05) is 18.4 Å².